The standard InChI is InChI=1S/C23H31N3O4S/c1-25(2)31(28,29)21-13-9-19(10-14-21)23(27)24-17-22(26-15-5-4-6-16-26)18-7-11-20(30-3)12-8-18/h7-14,22H,4-6,15-17H2,1-3H3,(H,24,27)/p+1/t22-/m0/s1. The SMILES string of the molecule is COc1ccc([C@H](CNC(=O)c2ccc(S(=O)(=O)N(C)C)cc2)[NH+]2CCCCC2)cc1. The lowest BCUT2D eigenvalue weighted by Gasteiger charge is -2.32. The molecule has 1 amide bonds. The van der Waals surface area contributed by atoms with E-state index in [2.05, 4.69) is 17.4 Å². The van der Waals surface area contributed by atoms with Crippen molar-refractivity contribution in [2.75, 3.05) is 40.8 Å². The van der Waals surface area contributed by atoms with E-state index in [1.807, 2.05) is 12.1 Å². The second kappa shape index (κ2) is 10.3. The van der Waals surface area contributed by atoms with Crippen LogP contribution >= 0.6 is 0 Å². The molecule has 1 atom stereocenters. The van der Waals surface area contributed by atoms with Gasteiger partial charge in [-0.25, -0.2) is 12.7 Å². The molecule has 1 aliphatic rings. The summed E-state index contributed by atoms with van der Waals surface area (Å²) in [4.78, 5) is 14.4. The topological polar surface area (TPSA) is 80.1 Å². The summed E-state index contributed by atoms with van der Waals surface area (Å²) >= 11 is 0. The molecule has 1 aliphatic heterocycles. The Morgan fingerprint density at radius 1 is 1.03 bits per heavy atom. The number of amides is 1. The zero-order valence-electron chi connectivity index (χ0n) is 18.4. The molecule has 31 heavy (non-hydrogen) atoms. The van der Waals surface area contributed by atoms with Gasteiger partial charge in [0.15, 0.2) is 0 Å². The van der Waals surface area contributed by atoms with Gasteiger partial charge in [0.25, 0.3) is 5.91 Å². The number of carbonyl (C=O) groups is 1. The average Bonchev–Trinajstić information content (AvgIpc) is 2.80. The monoisotopic (exact) mass is 446 g/mol. The predicted octanol–water partition coefficient (Wildman–Crippen LogP) is 1.49. The van der Waals surface area contributed by atoms with E-state index >= 15 is 0 Å². The van der Waals surface area contributed by atoms with Gasteiger partial charge >= 0.3 is 0 Å². The molecule has 168 valence electrons. The Balaban J connectivity index is 1.72. The number of hydrogen-bond acceptors (Lipinski definition) is 4. The van der Waals surface area contributed by atoms with E-state index in [4.69, 9.17) is 4.74 Å². The molecular weight excluding hydrogens is 414 g/mol. The number of sulfonamides is 1. The quantitative estimate of drug-likeness (QED) is 0.644. The van der Waals surface area contributed by atoms with Crippen LogP contribution < -0.4 is 15.0 Å². The van der Waals surface area contributed by atoms with Crippen molar-refractivity contribution in [1.29, 1.82) is 0 Å². The molecule has 2 aromatic rings. The number of benzene rings is 2. The summed E-state index contributed by atoms with van der Waals surface area (Å²) in [5.41, 5.74) is 1.62. The van der Waals surface area contributed by atoms with Gasteiger partial charge < -0.3 is 15.0 Å². The zero-order chi connectivity index (χ0) is 22.4. The van der Waals surface area contributed by atoms with Crippen molar-refractivity contribution in [3.05, 3.63) is 59.7 Å². The first-order valence-corrected chi connectivity index (χ1v) is 12.1. The minimum absolute atomic E-state index is 0.156. The Labute approximate surface area is 185 Å². The van der Waals surface area contributed by atoms with Crippen LogP contribution in [0.25, 0.3) is 0 Å². The maximum Gasteiger partial charge on any atom is 0.251 e. The molecule has 0 radical (unpaired) electrons. The Morgan fingerprint density at radius 3 is 2.19 bits per heavy atom. The Kier molecular flexibility index (Phi) is 7.69. The van der Waals surface area contributed by atoms with Gasteiger partial charge in [-0.1, -0.05) is 0 Å². The molecular formula is C23H32N3O4S+. The first kappa shape index (κ1) is 23.2. The maximum absolute atomic E-state index is 12.8. The molecule has 1 saturated heterocycles. The van der Waals surface area contributed by atoms with E-state index in [0.717, 1.165) is 23.1 Å². The molecule has 2 N–H and O–H groups in total. The lowest BCUT2D eigenvalue weighted by atomic mass is 10.0. The molecule has 2 aromatic carbocycles. The number of methoxy groups -OCH3 is 1. The minimum Gasteiger partial charge on any atom is -0.497 e. The van der Waals surface area contributed by atoms with Gasteiger partial charge in [-0.2, -0.15) is 0 Å². The second-order valence-electron chi connectivity index (χ2n) is 8.07. The molecule has 8 heteroatoms. The lowest BCUT2D eigenvalue weighted by molar-refractivity contribution is -0.935. The lowest BCUT2D eigenvalue weighted by Crippen LogP contribution is -3.13. The molecule has 0 bridgehead atoms. The minimum atomic E-state index is -3.51. The number of piperidine rings is 1. The summed E-state index contributed by atoms with van der Waals surface area (Å²) in [6.07, 6.45) is 3.64. The zero-order valence-corrected chi connectivity index (χ0v) is 19.2. The Hall–Kier alpha value is -2.42. The highest BCUT2D eigenvalue weighted by atomic mass is 32.2. The molecule has 0 aromatic heterocycles. The van der Waals surface area contributed by atoms with Crippen molar-refractivity contribution in [2.24, 2.45) is 0 Å². The van der Waals surface area contributed by atoms with Gasteiger partial charge in [-0.15, -0.1) is 0 Å². The molecule has 7 nitrogen and oxygen atoms in total. The number of ether oxygens (including phenoxy) is 1. The summed E-state index contributed by atoms with van der Waals surface area (Å²) in [7, 11) is 1.11. The van der Waals surface area contributed by atoms with Gasteiger partial charge in [0.2, 0.25) is 10.0 Å². The predicted molar refractivity (Wildman–Crippen MR) is 120 cm³/mol. The van der Waals surface area contributed by atoms with Crippen molar-refractivity contribution >= 4 is 15.9 Å². The molecule has 0 spiro atoms. The van der Waals surface area contributed by atoms with Crippen molar-refractivity contribution < 1.29 is 22.8 Å². The van der Waals surface area contributed by atoms with Crippen molar-refractivity contribution in [3.63, 3.8) is 0 Å². The smallest absolute Gasteiger partial charge is 0.251 e. The Bertz CT molecular complexity index is 967. The van der Waals surface area contributed by atoms with E-state index in [9.17, 15) is 13.2 Å². The van der Waals surface area contributed by atoms with Gasteiger partial charge in [0.1, 0.15) is 11.8 Å². The molecule has 0 unspecified atom stereocenters. The van der Waals surface area contributed by atoms with E-state index < -0.39 is 10.0 Å². The number of carbonyl (C=O) groups excluding carboxylic acids is 1. The van der Waals surface area contributed by atoms with E-state index in [1.165, 1.54) is 56.0 Å². The van der Waals surface area contributed by atoms with Crippen LogP contribution in [0.5, 0.6) is 5.75 Å². The van der Waals surface area contributed by atoms with Gasteiger partial charge in [0, 0.05) is 25.2 Å². The van der Waals surface area contributed by atoms with Gasteiger partial charge in [0.05, 0.1) is 31.6 Å². The highest BCUT2D eigenvalue weighted by Gasteiger charge is 2.27. The van der Waals surface area contributed by atoms with Crippen LogP contribution in [0.2, 0.25) is 0 Å². The highest BCUT2D eigenvalue weighted by molar-refractivity contribution is 7.89. The molecule has 3 rings (SSSR count). The fourth-order valence-electron chi connectivity index (χ4n) is 3.97. The third-order valence-corrected chi connectivity index (χ3v) is 7.70. The van der Waals surface area contributed by atoms with Crippen molar-refractivity contribution in [2.45, 2.75) is 30.2 Å². The summed E-state index contributed by atoms with van der Waals surface area (Å²) in [6.45, 7) is 2.69. The fourth-order valence-corrected chi connectivity index (χ4v) is 4.88. The number of nitrogens with zero attached hydrogens (tertiary/aromatic N) is 1. The Morgan fingerprint density at radius 2 is 1.65 bits per heavy atom. The second-order valence-corrected chi connectivity index (χ2v) is 10.2. The van der Waals surface area contributed by atoms with Gasteiger partial charge in [-0.05, 0) is 67.8 Å². The number of quaternary nitrogens is 1. The first-order valence-electron chi connectivity index (χ1n) is 10.6. The van der Waals surface area contributed by atoms with Crippen LogP contribution in [0.3, 0.4) is 0 Å². The molecule has 0 saturated carbocycles. The highest BCUT2D eigenvalue weighted by Crippen LogP contribution is 2.17. The maximum atomic E-state index is 12.8. The summed E-state index contributed by atoms with van der Waals surface area (Å²) in [5.74, 6) is 0.608. The van der Waals surface area contributed by atoms with Crippen molar-refractivity contribution in [3.8, 4) is 5.75 Å². The van der Waals surface area contributed by atoms with Crippen LogP contribution in [0.1, 0.15) is 41.2 Å². The van der Waals surface area contributed by atoms with Crippen molar-refractivity contribution in [1.82, 2.24) is 9.62 Å². The van der Waals surface area contributed by atoms with Crippen LogP contribution in [-0.2, 0) is 10.0 Å². The molecule has 0 aliphatic carbocycles. The third kappa shape index (κ3) is 5.64. The largest absolute Gasteiger partial charge is 0.497 e. The first-order chi connectivity index (χ1) is 14.8. The third-order valence-electron chi connectivity index (χ3n) is 5.87. The van der Waals surface area contributed by atoms with Crippen LogP contribution in [0.4, 0.5) is 0 Å². The van der Waals surface area contributed by atoms with Crippen LogP contribution in [-0.4, -0.2) is 59.5 Å². The van der Waals surface area contributed by atoms with E-state index in [-0.39, 0.29) is 16.8 Å². The van der Waals surface area contributed by atoms with Crippen LogP contribution in [0, 0.1) is 0 Å². The number of nitrogens with one attached hydrogen (secondary N) is 2. The average molecular weight is 447 g/mol. The summed E-state index contributed by atoms with van der Waals surface area (Å²) in [6, 6.07) is 14.3. The molecule has 1 heterocycles. The van der Waals surface area contributed by atoms with E-state index in [1.54, 1.807) is 19.2 Å². The summed E-state index contributed by atoms with van der Waals surface area (Å²) < 4.78 is 30.9. The fraction of sp³-hybridized carbons (Fsp3) is 0.435. The number of hydrogen-bond donors (Lipinski definition) is 2. The van der Waals surface area contributed by atoms with Gasteiger partial charge in [-0.3, -0.25) is 4.79 Å². The van der Waals surface area contributed by atoms with Crippen LogP contribution in [0.15, 0.2) is 53.4 Å². The number of rotatable bonds is 8. The number of likely N-dealkylation sites (tertiary alicyclic amines) is 1. The summed E-state index contributed by atoms with van der Waals surface area (Å²) in [5, 5.41) is 3.05. The molecule has 1 fully saturated rings. The van der Waals surface area contributed by atoms with E-state index in [0.29, 0.717) is 12.1 Å². The normalized spacial score (nSPS) is 16.1.